The maximum Gasteiger partial charge on any atom is 0.276 e. The molecular weight excluding hydrogens is 690 g/mol. The van der Waals surface area contributed by atoms with Gasteiger partial charge in [0, 0.05) is 101 Å². The van der Waals surface area contributed by atoms with Gasteiger partial charge in [0.05, 0.1) is 4.90 Å². The monoisotopic (exact) mass is 736 g/mol. The van der Waals surface area contributed by atoms with E-state index in [0.29, 0.717) is 51.0 Å². The van der Waals surface area contributed by atoms with Crippen LogP contribution in [-0.4, -0.2) is 112 Å². The van der Waals surface area contributed by atoms with Crippen LogP contribution in [0, 0.1) is 11.8 Å². The van der Waals surface area contributed by atoms with Crippen LogP contribution in [0.5, 0.6) is 0 Å². The van der Waals surface area contributed by atoms with E-state index in [4.69, 9.17) is 17.3 Å². The summed E-state index contributed by atoms with van der Waals surface area (Å²) in [6.45, 7) is 5.90. The summed E-state index contributed by atoms with van der Waals surface area (Å²) in [4.78, 5) is 35.5. The third kappa shape index (κ3) is 8.07. The highest BCUT2D eigenvalue weighted by Crippen LogP contribution is 2.46. The van der Waals surface area contributed by atoms with E-state index < -0.39 is 21.9 Å². The Bertz CT molecular complexity index is 1610. The molecule has 0 spiro atoms. The van der Waals surface area contributed by atoms with Crippen LogP contribution < -0.4 is 26.2 Å². The Labute approximate surface area is 297 Å². The molecule has 1 atom stereocenters. The van der Waals surface area contributed by atoms with Gasteiger partial charge in [-0.05, 0) is 75.0 Å². The van der Waals surface area contributed by atoms with E-state index in [0.717, 1.165) is 26.2 Å². The largest absolute Gasteiger partial charge is 0.356 e. The molecule has 4 fully saturated rings. The molecule has 12 nitrogen and oxygen atoms in total. The van der Waals surface area contributed by atoms with Gasteiger partial charge in [0.1, 0.15) is 11.0 Å². The van der Waals surface area contributed by atoms with Gasteiger partial charge in [-0.15, -0.1) is 0 Å². The van der Waals surface area contributed by atoms with Crippen molar-refractivity contribution in [3.63, 3.8) is 0 Å². The van der Waals surface area contributed by atoms with Crippen LogP contribution in [-0.2, 0) is 25.5 Å². The SMILES string of the molecule is NCCCNC(=O)[C@H]1CC[C@H](C(F)(F)c2cc(Cl)nc(N3CCN(S(=O)(=O)c4ccc(N5CC(N6CCNCC6)CC5=O)cc4)CC3)c2)CC1. The fourth-order valence-electron chi connectivity index (χ4n) is 7.58. The Morgan fingerprint density at radius 3 is 2.36 bits per heavy atom. The Kier molecular flexibility index (Phi) is 11.6. The lowest BCUT2D eigenvalue weighted by Crippen LogP contribution is -2.49. The number of carbonyl (C=O) groups excluding carboxylic acids is 2. The van der Waals surface area contributed by atoms with E-state index in [1.54, 1.807) is 21.9 Å². The quantitative estimate of drug-likeness (QED) is 0.234. The van der Waals surface area contributed by atoms with Crippen LogP contribution in [0.15, 0.2) is 41.3 Å². The highest BCUT2D eigenvalue weighted by atomic mass is 35.5. The number of amides is 2. The number of piperazine rings is 2. The highest BCUT2D eigenvalue weighted by Gasteiger charge is 2.44. The van der Waals surface area contributed by atoms with Crippen LogP contribution in [0.1, 0.15) is 44.1 Å². The molecule has 3 saturated heterocycles. The van der Waals surface area contributed by atoms with Crippen molar-refractivity contribution in [2.24, 2.45) is 17.6 Å². The number of halogens is 3. The smallest absolute Gasteiger partial charge is 0.276 e. The first kappa shape index (κ1) is 36.8. The lowest BCUT2D eigenvalue weighted by molar-refractivity contribution is -0.129. The Hall–Kier alpha value is -2.95. The van der Waals surface area contributed by atoms with Crippen molar-refractivity contribution in [1.29, 1.82) is 0 Å². The molecule has 2 aromatic rings. The molecule has 1 aromatic carbocycles. The number of pyridine rings is 1. The second-order valence-corrected chi connectivity index (χ2v) is 16.0. The fraction of sp³-hybridized carbons (Fsp3) is 0.618. The molecule has 50 heavy (non-hydrogen) atoms. The number of nitrogens with zero attached hydrogens (tertiary/aromatic N) is 5. The summed E-state index contributed by atoms with van der Waals surface area (Å²) in [6.07, 6.45) is 2.30. The normalized spacial score (nSPS) is 24.5. The molecule has 0 radical (unpaired) electrons. The second-order valence-electron chi connectivity index (χ2n) is 13.7. The molecule has 1 unspecified atom stereocenters. The molecule has 1 aliphatic carbocycles. The van der Waals surface area contributed by atoms with Crippen LogP contribution in [0.2, 0.25) is 5.15 Å². The van der Waals surface area contributed by atoms with Crippen molar-refractivity contribution in [3.05, 3.63) is 47.1 Å². The van der Waals surface area contributed by atoms with E-state index in [1.165, 1.54) is 28.6 Å². The van der Waals surface area contributed by atoms with Crippen molar-refractivity contribution >= 4 is 44.9 Å². The first-order chi connectivity index (χ1) is 24.0. The predicted molar refractivity (Wildman–Crippen MR) is 188 cm³/mol. The van der Waals surface area contributed by atoms with Gasteiger partial charge in [0.15, 0.2) is 0 Å². The third-order valence-electron chi connectivity index (χ3n) is 10.6. The average molecular weight is 737 g/mol. The first-order valence-corrected chi connectivity index (χ1v) is 19.4. The molecule has 4 aliphatic rings. The topological polar surface area (TPSA) is 144 Å². The Balaban J connectivity index is 1.05. The lowest BCUT2D eigenvalue weighted by atomic mass is 9.77. The second kappa shape index (κ2) is 15.7. The van der Waals surface area contributed by atoms with Crippen molar-refractivity contribution in [3.8, 4) is 0 Å². The van der Waals surface area contributed by atoms with Crippen molar-refractivity contribution < 1.29 is 26.8 Å². The minimum absolute atomic E-state index is 0.0296. The number of sulfonamides is 1. The van der Waals surface area contributed by atoms with Crippen LogP contribution in [0.3, 0.4) is 0 Å². The first-order valence-electron chi connectivity index (χ1n) is 17.6. The zero-order chi connectivity index (χ0) is 35.5. The standard InChI is InChI=1S/C34H47ClF2N8O4S/c35-30-20-26(34(36,37)25-4-2-24(3-5-25)33(47)40-11-1-10-38)21-31(41-30)43-16-18-44(19-17-43)50(48,49)29-8-6-27(7-9-29)45-23-28(22-32(45)46)42-14-12-39-13-15-42/h6-9,20-21,24-25,28,39H,1-5,10-19,22-23,38H2,(H,40,47)/t24-,25-,28?. The molecule has 16 heteroatoms. The number of carbonyl (C=O) groups is 2. The molecular formula is C34H47ClF2N8O4S. The molecule has 6 rings (SSSR count). The minimum Gasteiger partial charge on any atom is -0.356 e. The van der Waals surface area contributed by atoms with Crippen LogP contribution in [0.25, 0.3) is 0 Å². The molecule has 0 bridgehead atoms. The summed E-state index contributed by atoms with van der Waals surface area (Å²) >= 11 is 6.27. The van der Waals surface area contributed by atoms with Crippen molar-refractivity contribution in [2.75, 3.05) is 81.8 Å². The summed E-state index contributed by atoms with van der Waals surface area (Å²) in [5.74, 6) is -4.20. The average Bonchev–Trinajstić information content (AvgIpc) is 3.53. The number of hydrogen-bond acceptors (Lipinski definition) is 9. The number of rotatable bonds is 11. The summed E-state index contributed by atoms with van der Waals surface area (Å²) in [5, 5.41) is 6.11. The summed E-state index contributed by atoms with van der Waals surface area (Å²) < 4.78 is 60.3. The van der Waals surface area contributed by atoms with Gasteiger partial charge in [-0.3, -0.25) is 14.5 Å². The van der Waals surface area contributed by atoms with Gasteiger partial charge < -0.3 is 26.2 Å². The van der Waals surface area contributed by atoms with E-state index in [9.17, 15) is 18.0 Å². The zero-order valence-corrected chi connectivity index (χ0v) is 29.8. The van der Waals surface area contributed by atoms with E-state index in [1.807, 2.05) is 0 Å². The van der Waals surface area contributed by atoms with Gasteiger partial charge in [-0.2, -0.15) is 4.31 Å². The fourth-order valence-corrected chi connectivity index (χ4v) is 9.21. The van der Waals surface area contributed by atoms with Crippen molar-refractivity contribution in [1.82, 2.24) is 24.8 Å². The highest BCUT2D eigenvalue weighted by molar-refractivity contribution is 7.89. The van der Waals surface area contributed by atoms with Gasteiger partial charge >= 0.3 is 0 Å². The maximum atomic E-state index is 15.9. The van der Waals surface area contributed by atoms with Gasteiger partial charge in [0.2, 0.25) is 21.8 Å². The van der Waals surface area contributed by atoms with E-state index >= 15 is 8.78 Å². The molecule has 1 aromatic heterocycles. The van der Waals surface area contributed by atoms with Gasteiger partial charge in [-0.1, -0.05) is 11.6 Å². The molecule has 2 amide bonds. The summed E-state index contributed by atoms with van der Waals surface area (Å²) in [6, 6.07) is 9.14. The number of nitrogens with two attached hydrogens (primary N) is 1. The number of hydrogen-bond donors (Lipinski definition) is 3. The summed E-state index contributed by atoms with van der Waals surface area (Å²) in [5.41, 5.74) is 5.93. The number of alkyl halides is 2. The van der Waals surface area contributed by atoms with Crippen LogP contribution >= 0.6 is 11.6 Å². The Morgan fingerprint density at radius 1 is 1.02 bits per heavy atom. The van der Waals surface area contributed by atoms with Crippen LogP contribution in [0.4, 0.5) is 20.3 Å². The predicted octanol–water partition coefficient (Wildman–Crippen LogP) is 2.62. The molecule has 274 valence electrons. The number of benzene rings is 1. The Morgan fingerprint density at radius 2 is 1.70 bits per heavy atom. The molecule has 1 saturated carbocycles. The number of aromatic nitrogens is 1. The van der Waals surface area contributed by atoms with E-state index in [2.05, 4.69) is 20.5 Å². The molecule has 4 heterocycles. The minimum atomic E-state index is -3.83. The lowest BCUT2D eigenvalue weighted by Gasteiger charge is -2.36. The third-order valence-corrected chi connectivity index (χ3v) is 12.7. The van der Waals surface area contributed by atoms with Gasteiger partial charge in [-0.25, -0.2) is 22.2 Å². The number of nitrogens with one attached hydrogen (secondary N) is 2. The molecule has 4 N–H and O–H groups in total. The van der Waals surface area contributed by atoms with E-state index in [-0.39, 0.29) is 84.2 Å². The summed E-state index contributed by atoms with van der Waals surface area (Å²) in [7, 11) is -3.83. The molecule has 3 aliphatic heterocycles. The zero-order valence-electron chi connectivity index (χ0n) is 28.2. The van der Waals surface area contributed by atoms with Gasteiger partial charge in [0.25, 0.3) is 5.92 Å². The number of anilines is 2. The van der Waals surface area contributed by atoms with Crippen molar-refractivity contribution in [2.45, 2.75) is 55.4 Å². The maximum absolute atomic E-state index is 15.9.